The predicted octanol–water partition coefficient (Wildman–Crippen LogP) is 3.98. The molecule has 4 heterocycles. The Balaban J connectivity index is 1.29. The monoisotopic (exact) mass is 427 g/mol. The first-order valence-electron chi connectivity index (χ1n) is 10.9. The van der Waals surface area contributed by atoms with Crippen molar-refractivity contribution in [2.45, 2.75) is 25.3 Å². The fourth-order valence-corrected chi connectivity index (χ4v) is 4.53. The van der Waals surface area contributed by atoms with Gasteiger partial charge in [-0.1, -0.05) is 30.3 Å². The first kappa shape index (κ1) is 19.1. The van der Waals surface area contributed by atoms with E-state index in [4.69, 9.17) is 10.1 Å². The fraction of sp³-hybridized carbons (Fsp3) is 0.250. The van der Waals surface area contributed by atoms with Crippen LogP contribution in [0.3, 0.4) is 0 Å². The van der Waals surface area contributed by atoms with Gasteiger partial charge in [-0.25, -0.2) is 23.6 Å². The highest BCUT2D eigenvalue weighted by Gasteiger charge is 2.25. The Kier molecular flexibility index (Phi) is 4.65. The molecule has 1 aliphatic rings. The van der Waals surface area contributed by atoms with E-state index in [-0.39, 0.29) is 11.7 Å². The first-order chi connectivity index (χ1) is 15.7. The predicted molar refractivity (Wildman–Crippen MR) is 119 cm³/mol. The molecule has 32 heavy (non-hydrogen) atoms. The molecule has 1 fully saturated rings. The molecule has 0 spiro atoms. The van der Waals surface area contributed by atoms with Gasteiger partial charge in [-0.05, 0) is 49.2 Å². The number of benzene rings is 2. The summed E-state index contributed by atoms with van der Waals surface area (Å²) in [5.74, 6) is 0.897. The number of aromatic nitrogens is 6. The highest BCUT2D eigenvalue weighted by Crippen LogP contribution is 2.27. The highest BCUT2D eigenvalue weighted by atomic mass is 19.1. The van der Waals surface area contributed by atoms with Gasteiger partial charge in [-0.3, -0.25) is 4.90 Å². The zero-order valence-electron chi connectivity index (χ0n) is 17.5. The normalized spacial score (nSPS) is 17.3. The second kappa shape index (κ2) is 7.80. The molecule has 8 heteroatoms. The molecule has 7 nitrogen and oxygen atoms in total. The molecule has 1 unspecified atom stereocenters. The van der Waals surface area contributed by atoms with Crippen LogP contribution in [0.1, 0.15) is 30.1 Å². The number of likely N-dealkylation sites (tertiary alicyclic amines) is 1. The number of hydrogen-bond donors (Lipinski definition) is 0. The van der Waals surface area contributed by atoms with Crippen molar-refractivity contribution in [3.8, 4) is 5.69 Å². The number of halogens is 1. The van der Waals surface area contributed by atoms with E-state index >= 15 is 0 Å². The van der Waals surface area contributed by atoms with Crippen LogP contribution in [0, 0.1) is 5.82 Å². The van der Waals surface area contributed by atoms with E-state index in [0.29, 0.717) is 0 Å². The van der Waals surface area contributed by atoms with Crippen LogP contribution in [0.4, 0.5) is 4.39 Å². The molecule has 0 radical (unpaired) electrons. The maximum atomic E-state index is 13.2. The molecule has 0 amide bonds. The molecule has 1 aliphatic heterocycles. The average Bonchev–Trinajstić information content (AvgIpc) is 3.45. The lowest BCUT2D eigenvalue weighted by atomic mass is 9.97. The van der Waals surface area contributed by atoms with Crippen molar-refractivity contribution in [2.24, 2.45) is 0 Å². The lowest BCUT2D eigenvalue weighted by Crippen LogP contribution is -2.34. The summed E-state index contributed by atoms with van der Waals surface area (Å²) in [5.41, 5.74) is 3.63. The van der Waals surface area contributed by atoms with Crippen LogP contribution < -0.4 is 0 Å². The van der Waals surface area contributed by atoms with E-state index in [1.54, 1.807) is 10.8 Å². The summed E-state index contributed by atoms with van der Waals surface area (Å²) in [6, 6.07) is 16.7. The molecular formula is C24H22FN7. The number of nitrogens with zero attached hydrogens (tertiary/aromatic N) is 7. The van der Waals surface area contributed by atoms with Crippen LogP contribution in [-0.4, -0.2) is 47.4 Å². The number of rotatable bonds is 4. The van der Waals surface area contributed by atoms with Crippen LogP contribution >= 0.6 is 0 Å². The van der Waals surface area contributed by atoms with Gasteiger partial charge in [0.2, 0.25) is 0 Å². The van der Waals surface area contributed by atoms with E-state index in [1.807, 2.05) is 53.3 Å². The summed E-state index contributed by atoms with van der Waals surface area (Å²) in [6.07, 6.45) is 5.66. The smallest absolute Gasteiger partial charge is 0.170 e. The minimum absolute atomic E-state index is 0.199. The molecule has 3 aromatic heterocycles. The maximum Gasteiger partial charge on any atom is 0.170 e. The summed E-state index contributed by atoms with van der Waals surface area (Å²) < 4.78 is 16.8. The molecule has 0 bridgehead atoms. The summed E-state index contributed by atoms with van der Waals surface area (Å²) >= 11 is 0. The third-order valence-electron chi connectivity index (χ3n) is 6.11. The molecule has 0 aliphatic carbocycles. The summed E-state index contributed by atoms with van der Waals surface area (Å²) in [5, 5.41) is 10.2. The number of piperidine rings is 1. The summed E-state index contributed by atoms with van der Waals surface area (Å²) in [4.78, 5) is 11.9. The van der Waals surface area contributed by atoms with Gasteiger partial charge >= 0.3 is 0 Å². The second-order valence-electron chi connectivity index (χ2n) is 8.31. The van der Waals surface area contributed by atoms with Crippen molar-refractivity contribution >= 4 is 16.7 Å². The molecular weight excluding hydrogens is 405 g/mol. The zero-order valence-corrected chi connectivity index (χ0v) is 17.5. The minimum atomic E-state index is -0.199. The van der Waals surface area contributed by atoms with Crippen molar-refractivity contribution in [1.29, 1.82) is 0 Å². The van der Waals surface area contributed by atoms with E-state index < -0.39 is 0 Å². The van der Waals surface area contributed by atoms with Gasteiger partial charge in [0.1, 0.15) is 12.1 Å². The minimum Gasteiger partial charge on any atom is -0.298 e. The van der Waals surface area contributed by atoms with Gasteiger partial charge in [-0.2, -0.15) is 5.10 Å². The molecule has 0 N–H and O–H groups in total. The van der Waals surface area contributed by atoms with Crippen molar-refractivity contribution in [3.63, 3.8) is 0 Å². The van der Waals surface area contributed by atoms with Crippen LogP contribution in [0.5, 0.6) is 0 Å². The zero-order chi connectivity index (χ0) is 21.5. The molecule has 0 saturated carbocycles. The van der Waals surface area contributed by atoms with E-state index in [9.17, 15) is 4.39 Å². The molecule has 160 valence electrons. The number of hydrogen-bond acceptors (Lipinski definition) is 5. The third kappa shape index (κ3) is 3.42. The summed E-state index contributed by atoms with van der Waals surface area (Å²) in [7, 11) is 0. The Morgan fingerprint density at radius 1 is 1.00 bits per heavy atom. The van der Waals surface area contributed by atoms with Gasteiger partial charge in [0.15, 0.2) is 17.1 Å². The van der Waals surface area contributed by atoms with Crippen LogP contribution in [0.25, 0.3) is 22.4 Å². The molecule has 1 atom stereocenters. The van der Waals surface area contributed by atoms with Gasteiger partial charge in [0, 0.05) is 19.0 Å². The van der Waals surface area contributed by atoms with E-state index in [1.165, 1.54) is 12.1 Å². The Hall–Kier alpha value is -3.65. The molecule has 5 aromatic rings. The van der Waals surface area contributed by atoms with Gasteiger partial charge in [0.05, 0.1) is 17.3 Å². The van der Waals surface area contributed by atoms with Crippen LogP contribution in [0.2, 0.25) is 0 Å². The summed E-state index contributed by atoms with van der Waals surface area (Å²) in [6.45, 7) is 2.71. The van der Waals surface area contributed by atoms with Crippen molar-refractivity contribution in [1.82, 2.24) is 34.3 Å². The van der Waals surface area contributed by atoms with Crippen molar-refractivity contribution < 1.29 is 4.39 Å². The Morgan fingerprint density at radius 3 is 2.69 bits per heavy atom. The van der Waals surface area contributed by atoms with Crippen molar-refractivity contribution in [2.75, 3.05) is 13.1 Å². The average molecular weight is 427 g/mol. The topological polar surface area (TPSA) is 64.1 Å². The lowest BCUT2D eigenvalue weighted by molar-refractivity contribution is 0.196. The Morgan fingerprint density at radius 2 is 1.84 bits per heavy atom. The molecule has 6 rings (SSSR count). The van der Waals surface area contributed by atoms with Gasteiger partial charge < -0.3 is 0 Å². The first-order valence-corrected chi connectivity index (χ1v) is 10.9. The maximum absolute atomic E-state index is 13.2. The highest BCUT2D eigenvalue weighted by molar-refractivity contribution is 5.89. The largest absolute Gasteiger partial charge is 0.298 e. The van der Waals surface area contributed by atoms with Gasteiger partial charge in [0.25, 0.3) is 0 Å². The fourth-order valence-electron chi connectivity index (χ4n) is 4.53. The van der Waals surface area contributed by atoms with Crippen LogP contribution in [0.15, 0.2) is 67.1 Å². The second-order valence-corrected chi connectivity index (χ2v) is 8.31. The molecule has 2 aromatic carbocycles. The van der Waals surface area contributed by atoms with Crippen LogP contribution in [-0.2, 0) is 6.54 Å². The molecule has 1 saturated heterocycles. The number of para-hydroxylation sites is 1. The standard InChI is InChI=1S/C24H22FN7/c25-19-10-8-17(9-11-19)14-30-12-4-5-18(15-30)22-28-24-21-13-27-32(20-6-2-1-3-7-20)23(21)26-16-31(24)29-22/h1-3,6-11,13,16,18H,4-5,12,14-15H2. The van der Waals surface area contributed by atoms with Gasteiger partial charge in [-0.15, -0.1) is 5.10 Å². The van der Waals surface area contributed by atoms with E-state index in [0.717, 1.165) is 66.2 Å². The number of fused-ring (bicyclic) bond motifs is 3. The Bertz CT molecular complexity index is 1370. The lowest BCUT2D eigenvalue weighted by Gasteiger charge is -2.31. The van der Waals surface area contributed by atoms with E-state index in [2.05, 4.69) is 15.0 Å². The third-order valence-corrected chi connectivity index (χ3v) is 6.11. The quantitative estimate of drug-likeness (QED) is 0.434. The van der Waals surface area contributed by atoms with Crippen molar-refractivity contribution in [3.05, 3.63) is 84.3 Å². The Labute approximate surface area is 184 Å². The SMILES string of the molecule is Fc1ccc(CN2CCCC(c3nc4c5cnn(-c6ccccc6)c5ncn4n3)C2)cc1.